The van der Waals surface area contributed by atoms with Crippen LogP contribution in [0.5, 0.6) is 0 Å². The van der Waals surface area contributed by atoms with Crippen molar-refractivity contribution in [3.8, 4) is 0 Å². The number of ether oxygens (including phenoxy) is 1. The maximum atomic E-state index is 11.9. The van der Waals surface area contributed by atoms with E-state index in [-0.39, 0.29) is 29.7 Å². The zero-order chi connectivity index (χ0) is 11.1. The van der Waals surface area contributed by atoms with E-state index in [4.69, 9.17) is 4.74 Å². The molecule has 0 aromatic rings. The molecule has 88 valence electrons. The van der Waals surface area contributed by atoms with Gasteiger partial charge in [0, 0.05) is 12.3 Å². The molecule has 3 heteroatoms. The Balaban J connectivity index is 1.53. The van der Waals surface area contributed by atoms with Gasteiger partial charge in [0.05, 0.1) is 5.92 Å². The largest absolute Gasteiger partial charge is 0.462 e. The topological polar surface area (TPSA) is 43.4 Å². The van der Waals surface area contributed by atoms with Crippen LogP contribution < -0.4 is 0 Å². The molecule has 3 rings (SSSR count). The summed E-state index contributed by atoms with van der Waals surface area (Å²) in [6.45, 7) is 0. The Hall–Kier alpha value is -0.860. The molecule has 3 fully saturated rings. The van der Waals surface area contributed by atoms with Crippen molar-refractivity contribution in [3.05, 3.63) is 0 Å². The molecule has 0 heterocycles. The van der Waals surface area contributed by atoms with Gasteiger partial charge in [0.2, 0.25) is 0 Å². The monoisotopic (exact) mass is 222 g/mol. The van der Waals surface area contributed by atoms with E-state index >= 15 is 0 Å². The number of carbonyl (C=O) groups is 2. The second kappa shape index (κ2) is 3.86. The van der Waals surface area contributed by atoms with E-state index in [2.05, 4.69) is 0 Å². The molecule has 3 aliphatic rings. The van der Waals surface area contributed by atoms with Crippen LogP contribution in [0.25, 0.3) is 0 Å². The van der Waals surface area contributed by atoms with Gasteiger partial charge < -0.3 is 4.74 Å². The molecular formula is C13H18O3. The summed E-state index contributed by atoms with van der Waals surface area (Å²) in [7, 11) is 0. The molecule has 0 saturated heterocycles. The lowest BCUT2D eigenvalue weighted by Crippen LogP contribution is -2.23. The molecule has 3 nitrogen and oxygen atoms in total. The third-order valence-electron chi connectivity index (χ3n) is 4.37. The minimum absolute atomic E-state index is 0.0380. The predicted molar refractivity (Wildman–Crippen MR) is 57.7 cm³/mol. The third kappa shape index (κ3) is 1.66. The Morgan fingerprint density at radius 2 is 1.88 bits per heavy atom. The smallest absolute Gasteiger partial charge is 0.310 e. The minimum atomic E-state index is -0.0880. The van der Waals surface area contributed by atoms with Crippen LogP contribution >= 0.6 is 0 Å². The second-order valence-electron chi connectivity index (χ2n) is 5.42. The van der Waals surface area contributed by atoms with E-state index < -0.39 is 0 Å². The lowest BCUT2D eigenvalue weighted by molar-refractivity contribution is -0.153. The summed E-state index contributed by atoms with van der Waals surface area (Å²) in [5.41, 5.74) is 0. The molecule has 3 aliphatic carbocycles. The zero-order valence-corrected chi connectivity index (χ0v) is 9.48. The van der Waals surface area contributed by atoms with E-state index in [0.717, 1.165) is 19.3 Å². The fraction of sp³-hybridized carbons (Fsp3) is 0.846. The summed E-state index contributed by atoms with van der Waals surface area (Å²) in [4.78, 5) is 23.3. The van der Waals surface area contributed by atoms with Gasteiger partial charge in [-0.1, -0.05) is 6.42 Å². The van der Waals surface area contributed by atoms with Crippen molar-refractivity contribution in [1.29, 1.82) is 0 Å². The van der Waals surface area contributed by atoms with Crippen molar-refractivity contribution in [2.24, 2.45) is 17.8 Å². The highest BCUT2D eigenvalue weighted by atomic mass is 16.5. The van der Waals surface area contributed by atoms with Crippen molar-refractivity contribution in [3.63, 3.8) is 0 Å². The average molecular weight is 222 g/mol. The number of Topliss-reactive ketones (excluding diaryl/α,β-unsaturated/α-hetero) is 1. The maximum Gasteiger partial charge on any atom is 0.310 e. The quantitative estimate of drug-likeness (QED) is 0.672. The van der Waals surface area contributed by atoms with Gasteiger partial charge in [-0.3, -0.25) is 9.59 Å². The number of fused-ring (bicyclic) bond motifs is 1. The van der Waals surface area contributed by atoms with Crippen LogP contribution in [0, 0.1) is 17.8 Å². The molecule has 16 heavy (non-hydrogen) atoms. The third-order valence-corrected chi connectivity index (χ3v) is 4.37. The zero-order valence-electron chi connectivity index (χ0n) is 9.48. The van der Waals surface area contributed by atoms with E-state index in [1.807, 2.05) is 0 Å². The molecule has 0 N–H and O–H groups in total. The van der Waals surface area contributed by atoms with E-state index in [1.54, 1.807) is 0 Å². The number of esters is 1. The number of rotatable bonds is 2. The molecule has 0 aliphatic heterocycles. The van der Waals surface area contributed by atoms with Crippen LogP contribution in [0.1, 0.15) is 44.9 Å². The molecular weight excluding hydrogens is 204 g/mol. The molecule has 3 saturated carbocycles. The normalized spacial score (nSPS) is 38.2. The highest BCUT2D eigenvalue weighted by molar-refractivity contribution is 5.94. The van der Waals surface area contributed by atoms with Crippen LogP contribution in [0.4, 0.5) is 0 Å². The molecule has 0 bridgehead atoms. The standard InChI is InChI=1S/C13H18O3/c14-10-7-6-9-11(10)12(9)13(15)16-8-4-2-1-3-5-8/h8-9,11-12H,1-7H2/t9-,11-,12+/m1/s1. The fourth-order valence-corrected chi connectivity index (χ4v) is 3.39. The lowest BCUT2D eigenvalue weighted by atomic mass is 9.98. The first-order valence-electron chi connectivity index (χ1n) is 6.50. The van der Waals surface area contributed by atoms with Crippen LogP contribution in [-0.2, 0) is 14.3 Å². The van der Waals surface area contributed by atoms with Gasteiger partial charge in [-0.25, -0.2) is 0 Å². The number of hydrogen-bond donors (Lipinski definition) is 0. The fourth-order valence-electron chi connectivity index (χ4n) is 3.39. The lowest BCUT2D eigenvalue weighted by Gasteiger charge is -2.22. The summed E-state index contributed by atoms with van der Waals surface area (Å²) >= 11 is 0. The van der Waals surface area contributed by atoms with Crippen molar-refractivity contribution in [2.45, 2.75) is 51.0 Å². The molecule has 0 spiro atoms. The van der Waals surface area contributed by atoms with Crippen molar-refractivity contribution in [1.82, 2.24) is 0 Å². The SMILES string of the molecule is O=C1CC[C@@H]2[C@H]1[C@H]2C(=O)OC1CCCCC1. The van der Waals surface area contributed by atoms with Gasteiger partial charge in [-0.15, -0.1) is 0 Å². The van der Waals surface area contributed by atoms with Gasteiger partial charge in [-0.05, 0) is 38.0 Å². The van der Waals surface area contributed by atoms with Crippen LogP contribution in [0.3, 0.4) is 0 Å². The van der Waals surface area contributed by atoms with Gasteiger partial charge in [0.25, 0.3) is 0 Å². The van der Waals surface area contributed by atoms with Gasteiger partial charge >= 0.3 is 5.97 Å². The first-order valence-corrected chi connectivity index (χ1v) is 6.50. The minimum Gasteiger partial charge on any atom is -0.462 e. The summed E-state index contributed by atoms with van der Waals surface area (Å²) < 4.78 is 5.51. The predicted octanol–water partition coefficient (Wildman–Crippen LogP) is 2.09. The Kier molecular flexibility index (Phi) is 2.49. The molecule has 0 unspecified atom stereocenters. The maximum absolute atomic E-state index is 11.9. The Bertz CT molecular complexity index is 317. The molecule has 0 amide bonds. The van der Waals surface area contributed by atoms with E-state index in [1.165, 1.54) is 19.3 Å². The van der Waals surface area contributed by atoms with Gasteiger partial charge in [0.1, 0.15) is 11.9 Å². The van der Waals surface area contributed by atoms with E-state index in [9.17, 15) is 9.59 Å². The molecule has 3 atom stereocenters. The Morgan fingerprint density at radius 1 is 1.12 bits per heavy atom. The van der Waals surface area contributed by atoms with Gasteiger partial charge in [0.15, 0.2) is 0 Å². The first-order chi connectivity index (χ1) is 7.77. The second-order valence-corrected chi connectivity index (χ2v) is 5.42. The van der Waals surface area contributed by atoms with Crippen molar-refractivity contribution >= 4 is 11.8 Å². The van der Waals surface area contributed by atoms with E-state index in [0.29, 0.717) is 12.3 Å². The van der Waals surface area contributed by atoms with Crippen LogP contribution in [-0.4, -0.2) is 17.9 Å². The molecule has 0 aromatic heterocycles. The number of ketones is 1. The summed E-state index contributed by atoms with van der Waals surface area (Å²) in [6.07, 6.45) is 7.38. The average Bonchev–Trinajstić information content (AvgIpc) is 2.91. The number of carbonyl (C=O) groups excluding carboxylic acids is 2. The Labute approximate surface area is 95.5 Å². The summed E-state index contributed by atoms with van der Waals surface area (Å²) in [6, 6.07) is 0. The summed E-state index contributed by atoms with van der Waals surface area (Å²) in [5, 5.41) is 0. The highest BCUT2D eigenvalue weighted by Crippen LogP contribution is 2.56. The Morgan fingerprint density at radius 3 is 2.50 bits per heavy atom. The van der Waals surface area contributed by atoms with Crippen molar-refractivity contribution < 1.29 is 14.3 Å². The first kappa shape index (κ1) is 10.3. The molecule has 0 aromatic carbocycles. The van der Waals surface area contributed by atoms with Gasteiger partial charge in [-0.2, -0.15) is 0 Å². The number of hydrogen-bond acceptors (Lipinski definition) is 3. The highest BCUT2D eigenvalue weighted by Gasteiger charge is 2.62. The summed E-state index contributed by atoms with van der Waals surface area (Å²) in [5.74, 6) is 0.508. The molecule has 0 radical (unpaired) electrons. The van der Waals surface area contributed by atoms with Crippen molar-refractivity contribution in [2.75, 3.05) is 0 Å². The van der Waals surface area contributed by atoms with Crippen LogP contribution in [0.2, 0.25) is 0 Å². The van der Waals surface area contributed by atoms with Crippen LogP contribution in [0.15, 0.2) is 0 Å².